The number of para-hydroxylation sites is 1. The smallest absolute Gasteiger partial charge is 0.309 e. The number of nitrogens with zero attached hydrogens (tertiary/aromatic N) is 2. The van der Waals surface area contributed by atoms with Crippen molar-refractivity contribution in [1.82, 2.24) is 10.6 Å². The summed E-state index contributed by atoms with van der Waals surface area (Å²) in [6, 6.07) is 16.7. The van der Waals surface area contributed by atoms with Crippen LogP contribution in [-0.4, -0.2) is 44.5 Å². The molecule has 3 rings (SSSR count). The lowest BCUT2D eigenvalue weighted by atomic mass is 10.0. The Bertz CT molecular complexity index is 900. The maximum absolute atomic E-state index is 12.4. The molecule has 6 heteroatoms. The minimum Gasteiger partial charge on any atom is -0.378 e. The zero-order chi connectivity index (χ0) is 21.9. The molecule has 1 aliphatic rings. The highest BCUT2D eigenvalue weighted by Crippen LogP contribution is 2.35. The third-order valence-corrected chi connectivity index (χ3v) is 5.24. The van der Waals surface area contributed by atoms with Gasteiger partial charge < -0.3 is 20.4 Å². The minimum atomic E-state index is -0.606. The molecule has 0 saturated carbocycles. The molecule has 0 saturated heterocycles. The number of carbonyl (C=O) groups excluding carboxylic acids is 2. The summed E-state index contributed by atoms with van der Waals surface area (Å²) in [6.07, 6.45) is 0.973. The minimum absolute atomic E-state index is 0.0590. The van der Waals surface area contributed by atoms with E-state index in [0.717, 1.165) is 24.2 Å². The number of carbonyl (C=O) groups is 2. The topological polar surface area (TPSA) is 64.7 Å². The van der Waals surface area contributed by atoms with Crippen molar-refractivity contribution in [2.75, 3.05) is 37.0 Å². The molecular formula is C24H32N4O2. The molecule has 0 unspecified atom stereocenters. The van der Waals surface area contributed by atoms with Crippen LogP contribution in [0, 0.1) is 0 Å². The molecular weight excluding hydrogens is 376 g/mol. The summed E-state index contributed by atoms with van der Waals surface area (Å²) >= 11 is 0. The first kappa shape index (κ1) is 21.7. The van der Waals surface area contributed by atoms with E-state index in [1.165, 1.54) is 11.3 Å². The predicted octanol–water partition coefficient (Wildman–Crippen LogP) is 2.89. The second-order valence-electron chi connectivity index (χ2n) is 8.99. The van der Waals surface area contributed by atoms with Gasteiger partial charge >= 0.3 is 11.8 Å². The quantitative estimate of drug-likeness (QED) is 0.747. The number of fused-ring (bicyclic) bond motifs is 1. The summed E-state index contributed by atoms with van der Waals surface area (Å²) in [5.74, 6) is -1.21. The lowest BCUT2D eigenvalue weighted by molar-refractivity contribution is -0.140. The number of amides is 2. The van der Waals surface area contributed by atoms with E-state index in [-0.39, 0.29) is 6.04 Å². The SMILES string of the molecule is CN(C)c1ccc([C@H](CNC(=O)C(=O)NC(C)(C)C)N2CCc3ccccc32)cc1. The van der Waals surface area contributed by atoms with Gasteiger partial charge in [0.2, 0.25) is 0 Å². The van der Waals surface area contributed by atoms with Crippen molar-refractivity contribution < 1.29 is 9.59 Å². The Kier molecular flexibility index (Phi) is 6.34. The lowest BCUT2D eigenvalue weighted by Crippen LogP contribution is -2.49. The van der Waals surface area contributed by atoms with Gasteiger partial charge in [-0.15, -0.1) is 0 Å². The first-order valence-electron chi connectivity index (χ1n) is 10.4. The second kappa shape index (κ2) is 8.78. The van der Waals surface area contributed by atoms with Gasteiger partial charge in [-0.1, -0.05) is 30.3 Å². The molecule has 30 heavy (non-hydrogen) atoms. The Morgan fingerprint density at radius 3 is 2.33 bits per heavy atom. The fraction of sp³-hybridized carbons (Fsp3) is 0.417. The number of hydrogen-bond acceptors (Lipinski definition) is 4. The Hall–Kier alpha value is -3.02. The third kappa shape index (κ3) is 5.12. The number of rotatable bonds is 5. The molecule has 2 aromatic carbocycles. The zero-order valence-electron chi connectivity index (χ0n) is 18.5. The van der Waals surface area contributed by atoms with Crippen LogP contribution >= 0.6 is 0 Å². The summed E-state index contributed by atoms with van der Waals surface area (Å²) in [7, 11) is 4.02. The van der Waals surface area contributed by atoms with Crippen molar-refractivity contribution in [3.8, 4) is 0 Å². The van der Waals surface area contributed by atoms with E-state index >= 15 is 0 Å². The van der Waals surface area contributed by atoms with Crippen molar-refractivity contribution in [3.05, 3.63) is 59.7 Å². The van der Waals surface area contributed by atoms with Gasteiger partial charge in [-0.2, -0.15) is 0 Å². The van der Waals surface area contributed by atoms with Crippen molar-refractivity contribution in [2.24, 2.45) is 0 Å². The molecule has 0 spiro atoms. The number of anilines is 2. The largest absolute Gasteiger partial charge is 0.378 e. The van der Waals surface area contributed by atoms with Crippen LogP contribution in [0.3, 0.4) is 0 Å². The summed E-state index contributed by atoms with van der Waals surface area (Å²) in [5.41, 5.74) is 4.27. The van der Waals surface area contributed by atoms with Crippen LogP contribution in [0.2, 0.25) is 0 Å². The second-order valence-corrected chi connectivity index (χ2v) is 8.99. The molecule has 160 valence electrons. The third-order valence-electron chi connectivity index (χ3n) is 5.24. The van der Waals surface area contributed by atoms with E-state index < -0.39 is 17.4 Å². The average molecular weight is 409 g/mol. The van der Waals surface area contributed by atoms with Crippen LogP contribution in [0.15, 0.2) is 48.5 Å². The molecule has 1 heterocycles. The van der Waals surface area contributed by atoms with Crippen LogP contribution in [0.1, 0.15) is 37.9 Å². The van der Waals surface area contributed by atoms with Gasteiger partial charge in [0.05, 0.1) is 6.04 Å². The van der Waals surface area contributed by atoms with Gasteiger partial charge in [0.25, 0.3) is 0 Å². The first-order chi connectivity index (χ1) is 14.2. The van der Waals surface area contributed by atoms with Gasteiger partial charge in [0, 0.05) is 44.1 Å². The van der Waals surface area contributed by atoms with E-state index in [4.69, 9.17) is 0 Å². The summed E-state index contributed by atoms with van der Waals surface area (Å²) in [6.45, 7) is 6.80. The molecule has 2 amide bonds. The number of benzene rings is 2. The molecule has 2 aromatic rings. The maximum atomic E-state index is 12.4. The Labute approximate surface area is 179 Å². The van der Waals surface area contributed by atoms with Crippen LogP contribution in [0.25, 0.3) is 0 Å². The molecule has 0 aromatic heterocycles. The number of hydrogen-bond donors (Lipinski definition) is 2. The van der Waals surface area contributed by atoms with E-state index in [2.05, 4.69) is 62.9 Å². The first-order valence-corrected chi connectivity index (χ1v) is 10.4. The molecule has 6 nitrogen and oxygen atoms in total. The molecule has 2 N–H and O–H groups in total. The number of nitrogens with one attached hydrogen (secondary N) is 2. The Morgan fingerprint density at radius 2 is 1.70 bits per heavy atom. The van der Waals surface area contributed by atoms with Gasteiger partial charge in [-0.25, -0.2) is 0 Å². The highest BCUT2D eigenvalue weighted by Gasteiger charge is 2.28. The van der Waals surface area contributed by atoms with E-state index in [0.29, 0.717) is 6.54 Å². The molecule has 0 bridgehead atoms. The summed E-state index contributed by atoms with van der Waals surface area (Å²) in [4.78, 5) is 29.0. The highest BCUT2D eigenvalue weighted by molar-refractivity contribution is 6.35. The summed E-state index contributed by atoms with van der Waals surface area (Å²) in [5, 5.41) is 5.56. The van der Waals surface area contributed by atoms with Crippen LogP contribution in [0.4, 0.5) is 11.4 Å². The average Bonchev–Trinajstić information content (AvgIpc) is 3.11. The molecule has 0 aliphatic carbocycles. The predicted molar refractivity (Wildman–Crippen MR) is 122 cm³/mol. The standard InChI is InChI=1S/C24H32N4O2/c1-24(2,3)26-23(30)22(29)25-16-21(18-10-12-19(13-11-18)27(4)5)28-15-14-17-8-6-7-9-20(17)28/h6-13,21H,14-16H2,1-5H3,(H,25,29)(H,26,30)/t21-/m0/s1. The van der Waals surface area contributed by atoms with E-state index in [1.54, 1.807) is 0 Å². The van der Waals surface area contributed by atoms with Crippen molar-refractivity contribution >= 4 is 23.2 Å². The normalized spacial score (nSPS) is 14.1. The molecule has 1 atom stereocenters. The van der Waals surface area contributed by atoms with Gasteiger partial charge in [-0.3, -0.25) is 9.59 Å². The highest BCUT2D eigenvalue weighted by atomic mass is 16.2. The molecule has 1 aliphatic heterocycles. The maximum Gasteiger partial charge on any atom is 0.309 e. The molecule has 0 radical (unpaired) electrons. The van der Waals surface area contributed by atoms with Crippen molar-refractivity contribution in [2.45, 2.75) is 38.8 Å². The van der Waals surface area contributed by atoms with Crippen LogP contribution < -0.4 is 20.4 Å². The van der Waals surface area contributed by atoms with E-state index in [1.807, 2.05) is 40.9 Å². The summed E-state index contributed by atoms with van der Waals surface area (Å²) < 4.78 is 0. The van der Waals surface area contributed by atoms with Gasteiger partial charge in [0.1, 0.15) is 0 Å². The Morgan fingerprint density at radius 1 is 1.03 bits per heavy atom. The van der Waals surface area contributed by atoms with Gasteiger partial charge in [0.15, 0.2) is 0 Å². The van der Waals surface area contributed by atoms with Crippen LogP contribution in [-0.2, 0) is 16.0 Å². The fourth-order valence-electron chi connectivity index (χ4n) is 3.76. The lowest BCUT2D eigenvalue weighted by Gasteiger charge is -2.31. The van der Waals surface area contributed by atoms with Crippen LogP contribution in [0.5, 0.6) is 0 Å². The fourth-order valence-corrected chi connectivity index (χ4v) is 3.76. The van der Waals surface area contributed by atoms with E-state index in [9.17, 15) is 9.59 Å². The molecule has 0 fully saturated rings. The van der Waals surface area contributed by atoms with Gasteiger partial charge in [-0.05, 0) is 56.5 Å². The zero-order valence-corrected chi connectivity index (χ0v) is 18.5. The Balaban J connectivity index is 1.82. The monoisotopic (exact) mass is 408 g/mol. The van der Waals surface area contributed by atoms with Crippen molar-refractivity contribution in [1.29, 1.82) is 0 Å². The van der Waals surface area contributed by atoms with Crippen molar-refractivity contribution in [3.63, 3.8) is 0 Å².